The van der Waals surface area contributed by atoms with Crippen LogP contribution in [0.4, 0.5) is 0 Å². The Hall–Kier alpha value is -0.640. The number of hydrogen-bond acceptors (Lipinski definition) is 1. The molecular weight excluding hydrogens is 488 g/mol. The fraction of sp³-hybridized carbons (Fsp3) is 0.538. The lowest BCUT2D eigenvalue weighted by molar-refractivity contribution is 0.106. The number of ether oxygens (including phenoxy) is 1. The molecule has 0 radical (unpaired) electrons. The van der Waals surface area contributed by atoms with Gasteiger partial charge in [0.2, 0.25) is 0 Å². The van der Waals surface area contributed by atoms with Crippen molar-refractivity contribution in [2.24, 2.45) is 0 Å². The van der Waals surface area contributed by atoms with Gasteiger partial charge in [-0.05, 0) is 58.1 Å². The molecule has 3 heteroatoms. The van der Waals surface area contributed by atoms with Crippen molar-refractivity contribution < 1.29 is 4.74 Å². The molecule has 0 N–H and O–H groups in total. The second-order valence-electron chi connectivity index (χ2n) is 8.11. The van der Waals surface area contributed by atoms with Gasteiger partial charge in [-0.1, -0.05) is 109 Å². The summed E-state index contributed by atoms with van der Waals surface area (Å²) in [4.78, 5) is 0. The minimum Gasteiger partial charge on any atom is -0.372 e. The zero-order chi connectivity index (χ0) is 21.2. The summed E-state index contributed by atoms with van der Waals surface area (Å²) in [5.74, 6) is 1.17. The van der Waals surface area contributed by atoms with Gasteiger partial charge in [0.15, 0.2) is 0 Å². The van der Waals surface area contributed by atoms with Gasteiger partial charge >= 0.3 is 0 Å². The van der Waals surface area contributed by atoms with Gasteiger partial charge in [-0.3, -0.25) is 0 Å². The molecule has 0 saturated carbocycles. The fourth-order valence-electron chi connectivity index (χ4n) is 4.28. The summed E-state index contributed by atoms with van der Waals surface area (Å²) < 4.78 is 6.24. The number of hydrogen-bond donors (Lipinski definition) is 0. The van der Waals surface area contributed by atoms with Crippen LogP contribution in [-0.4, -0.2) is 0 Å². The predicted molar refractivity (Wildman–Crippen MR) is 133 cm³/mol. The van der Waals surface area contributed by atoms with Crippen molar-refractivity contribution >= 4 is 31.9 Å². The van der Waals surface area contributed by atoms with Gasteiger partial charge in [0.05, 0.1) is 13.2 Å². The Morgan fingerprint density at radius 3 is 1.48 bits per heavy atom. The van der Waals surface area contributed by atoms with Gasteiger partial charge in [-0.25, -0.2) is 0 Å². The molecule has 2 aromatic carbocycles. The van der Waals surface area contributed by atoms with Crippen molar-refractivity contribution in [1.29, 1.82) is 0 Å². The Kier molecular flexibility index (Phi) is 11.0. The molecule has 0 aliphatic rings. The van der Waals surface area contributed by atoms with Gasteiger partial charge in [-0.15, -0.1) is 0 Å². The van der Waals surface area contributed by atoms with Crippen LogP contribution in [-0.2, 0) is 28.6 Å². The van der Waals surface area contributed by atoms with Crippen LogP contribution in [0.15, 0.2) is 36.4 Å². The molecule has 2 aromatic rings. The molecule has 0 aliphatic heterocycles. The monoisotopic (exact) mass is 522 g/mol. The maximum absolute atomic E-state index is 6.24. The highest BCUT2D eigenvalue weighted by Gasteiger charge is 2.15. The van der Waals surface area contributed by atoms with Crippen LogP contribution in [0.2, 0.25) is 0 Å². The predicted octanol–water partition coefficient (Wildman–Crippen LogP) is 9.00. The largest absolute Gasteiger partial charge is 0.372 e. The molecule has 0 spiro atoms. The maximum Gasteiger partial charge on any atom is 0.0724 e. The minimum atomic E-state index is 0.587. The van der Waals surface area contributed by atoms with E-state index in [-0.39, 0.29) is 0 Å². The molecule has 2 unspecified atom stereocenters. The molecule has 0 aromatic heterocycles. The summed E-state index contributed by atoms with van der Waals surface area (Å²) in [5, 5.41) is 1.76. The summed E-state index contributed by atoms with van der Waals surface area (Å²) in [6.07, 6.45) is 4.88. The summed E-state index contributed by atoms with van der Waals surface area (Å²) in [6.45, 7) is 10.5. The molecule has 29 heavy (non-hydrogen) atoms. The normalized spacial score (nSPS) is 13.4. The lowest BCUT2D eigenvalue weighted by Gasteiger charge is -2.20. The first kappa shape index (κ1) is 24.6. The van der Waals surface area contributed by atoms with Gasteiger partial charge in [0.1, 0.15) is 0 Å². The average molecular weight is 524 g/mol. The highest BCUT2D eigenvalue weighted by Crippen LogP contribution is 2.30. The first-order valence-corrected chi connectivity index (χ1v) is 13.2. The van der Waals surface area contributed by atoms with Crippen LogP contribution < -0.4 is 0 Å². The molecular formula is C26H36Br2O. The van der Waals surface area contributed by atoms with Crippen LogP contribution in [0.1, 0.15) is 98.6 Å². The van der Waals surface area contributed by atoms with Crippen molar-refractivity contribution in [1.82, 2.24) is 0 Å². The Bertz CT molecular complexity index is 693. The molecule has 0 amide bonds. The summed E-state index contributed by atoms with van der Waals surface area (Å²) >= 11 is 7.43. The van der Waals surface area contributed by atoms with Crippen LogP contribution in [0.3, 0.4) is 0 Å². The molecule has 0 fully saturated rings. The molecule has 2 rings (SSSR count). The van der Waals surface area contributed by atoms with Crippen molar-refractivity contribution in [2.75, 3.05) is 0 Å². The topological polar surface area (TPSA) is 9.23 Å². The van der Waals surface area contributed by atoms with E-state index in [0.717, 1.165) is 10.7 Å². The fourth-order valence-corrected chi connectivity index (χ4v) is 5.64. The van der Waals surface area contributed by atoms with Crippen LogP contribution in [0, 0.1) is 0 Å². The van der Waals surface area contributed by atoms with E-state index in [2.05, 4.69) is 96.0 Å². The lowest BCUT2D eigenvalue weighted by Crippen LogP contribution is -2.06. The number of rotatable bonds is 12. The summed E-state index contributed by atoms with van der Waals surface area (Å²) in [5.41, 5.74) is 8.33. The molecule has 160 valence electrons. The smallest absolute Gasteiger partial charge is 0.0724 e. The van der Waals surface area contributed by atoms with Gasteiger partial charge < -0.3 is 4.74 Å². The van der Waals surface area contributed by atoms with Crippen molar-refractivity contribution in [3.8, 4) is 0 Å². The molecule has 1 nitrogen and oxygen atoms in total. The molecule has 0 heterocycles. The number of benzene rings is 2. The Morgan fingerprint density at radius 2 is 1.14 bits per heavy atom. The van der Waals surface area contributed by atoms with Crippen molar-refractivity contribution in [2.45, 2.75) is 89.1 Å². The van der Waals surface area contributed by atoms with Crippen LogP contribution >= 0.6 is 31.9 Å². The lowest BCUT2D eigenvalue weighted by atomic mass is 9.90. The van der Waals surface area contributed by atoms with Gasteiger partial charge in [0.25, 0.3) is 0 Å². The van der Waals surface area contributed by atoms with E-state index in [0.29, 0.717) is 25.0 Å². The van der Waals surface area contributed by atoms with E-state index in [1.54, 1.807) is 0 Å². The summed E-state index contributed by atoms with van der Waals surface area (Å²) in [7, 11) is 0. The van der Waals surface area contributed by atoms with Crippen LogP contribution in [0.25, 0.3) is 0 Å². The van der Waals surface area contributed by atoms with Crippen LogP contribution in [0.5, 0.6) is 0 Å². The second-order valence-corrected chi connectivity index (χ2v) is 9.23. The third kappa shape index (κ3) is 6.67. The zero-order valence-corrected chi connectivity index (χ0v) is 21.6. The Balaban J connectivity index is 2.14. The number of alkyl halides is 2. The van der Waals surface area contributed by atoms with E-state index in [1.807, 2.05) is 0 Å². The van der Waals surface area contributed by atoms with E-state index in [9.17, 15) is 0 Å². The highest BCUT2D eigenvalue weighted by atomic mass is 79.9. The van der Waals surface area contributed by atoms with Gasteiger partial charge in [0, 0.05) is 10.7 Å². The average Bonchev–Trinajstić information content (AvgIpc) is 2.73. The second kappa shape index (κ2) is 12.9. The highest BCUT2D eigenvalue weighted by molar-refractivity contribution is 9.08. The standard InChI is InChI=1S/C26H36Br2O/c1-5-9-19(3)23-13-7-11-21(25(23)15-27)17-29-18-22-12-8-14-24(26(22)16-28)20(4)10-6-2/h7-8,11-14,19-20H,5-6,9-10,15-18H2,1-4H3. The van der Waals surface area contributed by atoms with Crippen molar-refractivity contribution in [3.63, 3.8) is 0 Å². The maximum atomic E-state index is 6.24. The Morgan fingerprint density at radius 1 is 0.724 bits per heavy atom. The first-order valence-electron chi connectivity index (χ1n) is 11.0. The summed E-state index contributed by atoms with van der Waals surface area (Å²) in [6, 6.07) is 13.4. The zero-order valence-electron chi connectivity index (χ0n) is 18.4. The molecule has 0 saturated heterocycles. The minimum absolute atomic E-state index is 0.587. The van der Waals surface area contributed by atoms with E-state index < -0.39 is 0 Å². The third-order valence-electron chi connectivity index (χ3n) is 5.91. The van der Waals surface area contributed by atoms with E-state index in [4.69, 9.17) is 4.74 Å². The van der Waals surface area contributed by atoms with Crippen molar-refractivity contribution in [3.05, 3.63) is 69.8 Å². The third-order valence-corrected chi connectivity index (χ3v) is 7.03. The van der Waals surface area contributed by atoms with E-state index in [1.165, 1.54) is 59.1 Å². The number of halogens is 2. The Labute approximate surface area is 194 Å². The first-order chi connectivity index (χ1) is 14.1. The molecule has 2 atom stereocenters. The van der Waals surface area contributed by atoms with Gasteiger partial charge in [-0.2, -0.15) is 0 Å². The molecule has 0 bridgehead atoms. The van der Waals surface area contributed by atoms with E-state index >= 15 is 0 Å². The quantitative estimate of drug-likeness (QED) is 0.252. The molecule has 0 aliphatic carbocycles. The SMILES string of the molecule is CCCC(C)c1cccc(COCc2cccc(C(C)CCC)c2CBr)c1CBr.